The van der Waals surface area contributed by atoms with E-state index in [9.17, 15) is 14.4 Å². The topological polar surface area (TPSA) is 93.7 Å². The Morgan fingerprint density at radius 1 is 1.10 bits per heavy atom. The average Bonchev–Trinajstić information content (AvgIpc) is 2.71. The summed E-state index contributed by atoms with van der Waals surface area (Å²) < 4.78 is 10.5. The minimum atomic E-state index is -0.521. The minimum absolute atomic E-state index is 0.151. The number of aryl methyl sites for hydroxylation is 2. The highest BCUT2D eigenvalue weighted by atomic mass is 16.5. The third-order valence-corrected chi connectivity index (χ3v) is 5.29. The molecule has 1 atom stereocenters. The molecule has 0 fully saturated rings. The monoisotopic (exact) mass is 400 g/mol. The normalized spacial score (nSPS) is 18.4. The molecule has 0 unspecified atom stereocenters. The molecule has 1 aliphatic heterocycles. The first-order valence-electron chi connectivity index (χ1n) is 10.3. The van der Waals surface area contributed by atoms with E-state index < -0.39 is 24.0 Å². The van der Waals surface area contributed by atoms with Crippen LogP contribution in [0.4, 0.5) is 4.79 Å². The Morgan fingerprint density at radius 2 is 1.86 bits per heavy atom. The number of carbonyl (C=O) groups is 3. The van der Waals surface area contributed by atoms with Crippen LogP contribution in [0.1, 0.15) is 49.8 Å². The number of hydrogen-bond acceptors (Lipinski definition) is 5. The molecule has 0 saturated heterocycles. The highest BCUT2D eigenvalue weighted by Crippen LogP contribution is 2.23. The van der Waals surface area contributed by atoms with Gasteiger partial charge >= 0.3 is 18.0 Å². The molecule has 1 aromatic carbocycles. The largest absolute Gasteiger partial charge is 0.463 e. The summed E-state index contributed by atoms with van der Waals surface area (Å²) in [4.78, 5) is 36.6. The standard InChI is InChI=1S/C22H28N2O5/c1-3-17-20(21(26)28-4-2)18(24-22(27)23-17)13-29-19(25)12-14-9-10-15-7-5-6-8-16(15)11-14/h9-11,17H,3-8,12-13H2,1-2H3,(H2,23,24,27)/t17-/m1/s1. The Hall–Kier alpha value is -2.83. The van der Waals surface area contributed by atoms with E-state index in [1.165, 1.54) is 24.0 Å². The maximum Gasteiger partial charge on any atom is 0.338 e. The van der Waals surface area contributed by atoms with Crippen molar-refractivity contribution in [3.05, 3.63) is 46.2 Å². The first kappa shape index (κ1) is 20.9. The van der Waals surface area contributed by atoms with Gasteiger partial charge in [0, 0.05) is 0 Å². The highest BCUT2D eigenvalue weighted by molar-refractivity contribution is 5.94. The van der Waals surface area contributed by atoms with E-state index in [-0.39, 0.29) is 25.3 Å². The van der Waals surface area contributed by atoms with Crippen molar-refractivity contribution in [2.24, 2.45) is 0 Å². The number of amides is 2. The third kappa shape index (κ3) is 5.16. The van der Waals surface area contributed by atoms with Gasteiger partial charge < -0.3 is 20.1 Å². The Morgan fingerprint density at radius 3 is 2.59 bits per heavy atom. The third-order valence-electron chi connectivity index (χ3n) is 5.29. The number of carbonyl (C=O) groups excluding carboxylic acids is 3. The van der Waals surface area contributed by atoms with Crippen molar-refractivity contribution in [1.29, 1.82) is 0 Å². The van der Waals surface area contributed by atoms with Crippen LogP contribution in [-0.2, 0) is 38.3 Å². The Balaban J connectivity index is 1.68. The molecule has 29 heavy (non-hydrogen) atoms. The lowest BCUT2D eigenvalue weighted by molar-refractivity contribution is -0.143. The van der Waals surface area contributed by atoms with Gasteiger partial charge in [0.1, 0.15) is 6.61 Å². The van der Waals surface area contributed by atoms with E-state index in [1.54, 1.807) is 6.92 Å². The van der Waals surface area contributed by atoms with Crippen molar-refractivity contribution in [3.63, 3.8) is 0 Å². The molecule has 0 radical (unpaired) electrons. The lowest BCUT2D eigenvalue weighted by Crippen LogP contribution is -2.51. The summed E-state index contributed by atoms with van der Waals surface area (Å²) in [7, 11) is 0. The van der Waals surface area contributed by atoms with Crippen molar-refractivity contribution in [2.45, 2.75) is 58.4 Å². The molecule has 2 aliphatic rings. The fourth-order valence-electron chi connectivity index (χ4n) is 3.84. The maximum absolute atomic E-state index is 12.4. The number of urea groups is 1. The zero-order valence-electron chi connectivity index (χ0n) is 17.0. The summed E-state index contributed by atoms with van der Waals surface area (Å²) in [5, 5.41) is 5.27. The number of nitrogens with one attached hydrogen (secondary N) is 2. The van der Waals surface area contributed by atoms with Crippen LogP contribution in [-0.4, -0.2) is 37.2 Å². The zero-order chi connectivity index (χ0) is 20.8. The SMILES string of the molecule is CCOC(=O)C1=C(COC(=O)Cc2ccc3c(c2)CCCC3)NC(=O)N[C@@H]1CC. The molecule has 1 aromatic rings. The molecule has 7 nitrogen and oxygen atoms in total. The van der Waals surface area contributed by atoms with Crippen molar-refractivity contribution in [1.82, 2.24) is 10.6 Å². The van der Waals surface area contributed by atoms with Crippen LogP contribution in [0.15, 0.2) is 29.5 Å². The van der Waals surface area contributed by atoms with Crippen molar-refractivity contribution in [2.75, 3.05) is 13.2 Å². The second kappa shape index (κ2) is 9.58. The van der Waals surface area contributed by atoms with Crippen molar-refractivity contribution in [3.8, 4) is 0 Å². The molecule has 0 bridgehead atoms. The number of fused-ring (bicyclic) bond motifs is 1. The molecule has 156 valence electrons. The van der Waals surface area contributed by atoms with E-state index in [2.05, 4.69) is 22.8 Å². The summed E-state index contributed by atoms with van der Waals surface area (Å²) in [6.07, 6.45) is 5.21. The van der Waals surface area contributed by atoms with Gasteiger partial charge in [0.15, 0.2) is 0 Å². The van der Waals surface area contributed by atoms with Gasteiger partial charge in [0.25, 0.3) is 0 Å². The first-order chi connectivity index (χ1) is 14.0. The second-order valence-corrected chi connectivity index (χ2v) is 7.32. The Kier molecular flexibility index (Phi) is 6.90. The number of esters is 2. The fraction of sp³-hybridized carbons (Fsp3) is 0.500. The number of benzene rings is 1. The van der Waals surface area contributed by atoms with Crippen LogP contribution >= 0.6 is 0 Å². The maximum atomic E-state index is 12.4. The minimum Gasteiger partial charge on any atom is -0.463 e. The molecule has 3 rings (SSSR count). The fourth-order valence-corrected chi connectivity index (χ4v) is 3.84. The summed E-state index contributed by atoms with van der Waals surface area (Å²) in [6, 6.07) is 5.24. The van der Waals surface area contributed by atoms with Crippen LogP contribution in [0.25, 0.3) is 0 Å². The highest BCUT2D eigenvalue weighted by Gasteiger charge is 2.32. The van der Waals surface area contributed by atoms with E-state index >= 15 is 0 Å². The molecule has 0 saturated carbocycles. The molecular weight excluding hydrogens is 372 g/mol. The van der Waals surface area contributed by atoms with Crippen LogP contribution < -0.4 is 10.6 Å². The molecule has 0 spiro atoms. The lowest BCUT2D eigenvalue weighted by atomic mass is 9.90. The molecular formula is C22H28N2O5. The van der Waals surface area contributed by atoms with Gasteiger partial charge in [-0.05, 0) is 55.7 Å². The number of ether oxygens (including phenoxy) is 2. The molecule has 1 heterocycles. The predicted octanol–water partition coefficient (Wildman–Crippen LogP) is 2.56. The molecule has 2 N–H and O–H groups in total. The van der Waals surface area contributed by atoms with E-state index in [1.807, 2.05) is 13.0 Å². The van der Waals surface area contributed by atoms with Crippen LogP contribution in [0.5, 0.6) is 0 Å². The quantitative estimate of drug-likeness (QED) is 0.686. The van der Waals surface area contributed by atoms with E-state index in [0.29, 0.717) is 12.0 Å². The lowest BCUT2D eigenvalue weighted by Gasteiger charge is -2.28. The number of hydrogen-bond donors (Lipinski definition) is 2. The number of rotatable bonds is 7. The second-order valence-electron chi connectivity index (χ2n) is 7.32. The summed E-state index contributed by atoms with van der Waals surface area (Å²) >= 11 is 0. The van der Waals surface area contributed by atoms with Gasteiger partial charge in [-0.2, -0.15) is 0 Å². The van der Waals surface area contributed by atoms with Gasteiger partial charge in [-0.25, -0.2) is 9.59 Å². The first-order valence-corrected chi connectivity index (χ1v) is 10.3. The van der Waals surface area contributed by atoms with Crippen LogP contribution in [0.2, 0.25) is 0 Å². The van der Waals surface area contributed by atoms with Crippen molar-refractivity contribution < 1.29 is 23.9 Å². The van der Waals surface area contributed by atoms with Gasteiger partial charge in [0.05, 0.1) is 30.3 Å². The smallest absolute Gasteiger partial charge is 0.338 e. The van der Waals surface area contributed by atoms with Gasteiger partial charge in [-0.1, -0.05) is 25.1 Å². The summed E-state index contributed by atoms with van der Waals surface area (Å²) in [5.41, 5.74) is 4.16. The Labute approximate surface area is 170 Å². The van der Waals surface area contributed by atoms with E-state index in [4.69, 9.17) is 9.47 Å². The summed E-state index contributed by atoms with van der Waals surface area (Å²) in [6.45, 7) is 3.61. The van der Waals surface area contributed by atoms with Gasteiger partial charge in [-0.15, -0.1) is 0 Å². The average molecular weight is 400 g/mol. The summed E-state index contributed by atoms with van der Waals surface area (Å²) in [5.74, 6) is -0.926. The van der Waals surface area contributed by atoms with Gasteiger partial charge in [0.2, 0.25) is 0 Å². The van der Waals surface area contributed by atoms with E-state index in [0.717, 1.165) is 18.4 Å². The van der Waals surface area contributed by atoms with Crippen molar-refractivity contribution >= 4 is 18.0 Å². The molecule has 2 amide bonds. The molecule has 1 aliphatic carbocycles. The van der Waals surface area contributed by atoms with Gasteiger partial charge in [-0.3, -0.25) is 4.79 Å². The molecule has 7 heteroatoms. The zero-order valence-corrected chi connectivity index (χ0v) is 17.0. The van der Waals surface area contributed by atoms with Crippen LogP contribution in [0, 0.1) is 0 Å². The predicted molar refractivity (Wildman–Crippen MR) is 107 cm³/mol. The van der Waals surface area contributed by atoms with Crippen LogP contribution in [0.3, 0.4) is 0 Å². The Bertz CT molecular complexity index is 830. The molecule has 0 aromatic heterocycles.